The van der Waals surface area contributed by atoms with E-state index in [0.717, 1.165) is 11.6 Å². The Morgan fingerprint density at radius 2 is 1.63 bits per heavy atom. The highest BCUT2D eigenvalue weighted by molar-refractivity contribution is 9.09. The third-order valence-corrected chi connectivity index (χ3v) is 3.92. The van der Waals surface area contributed by atoms with E-state index in [4.69, 9.17) is 11.6 Å². The Labute approximate surface area is 122 Å². The van der Waals surface area contributed by atoms with Gasteiger partial charge in [0.25, 0.3) is 0 Å². The van der Waals surface area contributed by atoms with Crippen LogP contribution in [0.5, 0.6) is 0 Å². The molecule has 0 nitrogen and oxygen atoms in total. The molecule has 0 fully saturated rings. The SMILES string of the molecule is Fc1cc(F)c(C(Br)Cc2ccccc2Cl)cc1F. The van der Waals surface area contributed by atoms with Gasteiger partial charge in [0.15, 0.2) is 11.6 Å². The van der Waals surface area contributed by atoms with Gasteiger partial charge < -0.3 is 0 Å². The topological polar surface area (TPSA) is 0 Å². The van der Waals surface area contributed by atoms with Crippen molar-refractivity contribution < 1.29 is 13.2 Å². The van der Waals surface area contributed by atoms with Gasteiger partial charge in [-0.2, -0.15) is 0 Å². The lowest BCUT2D eigenvalue weighted by molar-refractivity contribution is 0.489. The Balaban J connectivity index is 2.28. The molecular formula is C14H9BrClF3. The van der Waals surface area contributed by atoms with E-state index in [1.807, 2.05) is 6.07 Å². The number of hydrogen-bond donors (Lipinski definition) is 0. The molecule has 1 atom stereocenters. The van der Waals surface area contributed by atoms with E-state index in [2.05, 4.69) is 15.9 Å². The molecule has 0 aliphatic heterocycles. The molecule has 0 bridgehead atoms. The second-order valence-corrected chi connectivity index (χ2v) is 5.56. The maximum absolute atomic E-state index is 13.6. The first kappa shape index (κ1) is 14.4. The van der Waals surface area contributed by atoms with Gasteiger partial charge in [0.1, 0.15) is 5.82 Å². The van der Waals surface area contributed by atoms with Gasteiger partial charge >= 0.3 is 0 Å². The monoisotopic (exact) mass is 348 g/mol. The van der Waals surface area contributed by atoms with Gasteiger partial charge in [0, 0.05) is 21.5 Å². The Hall–Kier alpha value is -1.00. The van der Waals surface area contributed by atoms with Crippen molar-refractivity contribution in [3.63, 3.8) is 0 Å². The molecular weight excluding hydrogens is 341 g/mol. The summed E-state index contributed by atoms with van der Waals surface area (Å²) in [5, 5.41) is 0.551. The summed E-state index contributed by atoms with van der Waals surface area (Å²) in [5.41, 5.74) is 0.869. The fourth-order valence-corrected chi connectivity index (χ4v) is 2.66. The lowest BCUT2D eigenvalue weighted by Gasteiger charge is -2.13. The van der Waals surface area contributed by atoms with Crippen LogP contribution >= 0.6 is 27.5 Å². The first-order valence-corrected chi connectivity index (χ1v) is 6.80. The lowest BCUT2D eigenvalue weighted by Crippen LogP contribution is -2.01. The highest BCUT2D eigenvalue weighted by Crippen LogP contribution is 2.32. The molecule has 0 aliphatic carbocycles. The predicted octanol–water partition coefficient (Wildman–Crippen LogP) is 5.44. The van der Waals surface area contributed by atoms with Gasteiger partial charge in [-0.05, 0) is 24.1 Å². The standard InChI is InChI=1S/C14H9BrClF3/c15-10(5-8-3-1-2-4-11(8)16)9-6-13(18)14(19)7-12(9)17/h1-4,6-7,10H,5H2. The Kier molecular flexibility index (Phi) is 4.53. The van der Waals surface area contributed by atoms with Crippen molar-refractivity contribution >= 4 is 27.5 Å². The van der Waals surface area contributed by atoms with Gasteiger partial charge in [-0.3, -0.25) is 0 Å². The maximum atomic E-state index is 13.6. The van der Waals surface area contributed by atoms with E-state index in [9.17, 15) is 13.2 Å². The van der Waals surface area contributed by atoms with Gasteiger partial charge in [-0.1, -0.05) is 45.7 Å². The smallest absolute Gasteiger partial charge is 0.161 e. The third kappa shape index (κ3) is 3.31. The molecule has 0 saturated carbocycles. The molecule has 5 heteroatoms. The summed E-state index contributed by atoms with van der Waals surface area (Å²) >= 11 is 9.28. The van der Waals surface area contributed by atoms with E-state index in [1.54, 1.807) is 18.2 Å². The van der Waals surface area contributed by atoms with Crippen LogP contribution in [0.3, 0.4) is 0 Å². The molecule has 0 radical (unpaired) electrons. The zero-order chi connectivity index (χ0) is 14.0. The molecule has 0 spiro atoms. The molecule has 0 amide bonds. The van der Waals surface area contributed by atoms with E-state index >= 15 is 0 Å². The molecule has 1 unspecified atom stereocenters. The van der Waals surface area contributed by atoms with Crippen LogP contribution < -0.4 is 0 Å². The molecule has 19 heavy (non-hydrogen) atoms. The third-order valence-electron chi connectivity index (χ3n) is 2.73. The summed E-state index contributed by atoms with van der Waals surface area (Å²) in [5.74, 6) is -3.05. The van der Waals surface area contributed by atoms with Crippen molar-refractivity contribution in [1.82, 2.24) is 0 Å². The summed E-state index contributed by atoms with van der Waals surface area (Å²) in [6, 6.07) is 8.52. The van der Waals surface area contributed by atoms with Crippen molar-refractivity contribution in [3.8, 4) is 0 Å². The average molecular weight is 350 g/mol. The van der Waals surface area contributed by atoms with E-state index < -0.39 is 22.3 Å². The van der Waals surface area contributed by atoms with Crippen molar-refractivity contribution in [2.45, 2.75) is 11.2 Å². The van der Waals surface area contributed by atoms with Gasteiger partial charge in [0.05, 0.1) is 0 Å². The number of benzene rings is 2. The molecule has 2 aromatic carbocycles. The predicted molar refractivity (Wildman–Crippen MR) is 73.1 cm³/mol. The second kappa shape index (κ2) is 5.97. The van der Waals surface area contributed by atoms with Crippen LogP contribution in [0.4, 0.5) is 13.2 Å². The van der Waals surface area contributed by atoms with Crippen LogP contribution in [0.25, 0.3) is 0 Å². The molecule has 2 aromatic rings. The lowest BCUT2D eigenvalue weighted by atomic mass is 10.0. The van der Waals surface area contributed by atoms with Crippen molar-refractivity contribution in [2.75, 3.05) is 0 Å². The van der Waals surface area contributed by atoms with Crippen LogP contribution in [0, 0.1) is 17.5 Å². The van der Waals surface area contributed by atoms with Crippen LogP contribution in [-0.4, -0.2) is 0 Å². The summed E-state index contributed by atoms with van der Waals surface area (Å²) in [6.07, 6.45) is 0.377. The molecule has 0 N–H and O–H groups in total. The highest BCUT2D eigenvalue weighted by Gasteiger charge is 2.17. The normalized spacial score (nSPS) is 12.5. The molecule has 100 valence electrons. The fraction of sp³-hybridized carbons (Fsp3) is 0.143. The summed E-state index contributed by atoms with van der Waals surface area (Å²) in [7, 11) is 0. The van der Waals surface area contributed by atoms with Crippen LogP contribution in [0.15, 0.2) is 36.4 Å². The minimum atomic E-state index is -1.20. The van der Waals surface area contributed by atoms with Crippen molar-refractivity contribution in [1.29, 1.82) is 0 Å². The van der Waals surface area contributed by atoms with Gasteiger partial charge in [0.2, 0.25) is 0 Å². The highest BCUT2D eigenvalue weighted by atomic mass is 79.9. The maximum Gasteiger partial charge on any atom is 0.161 e. The Morgan fingerprint density at radius 1 is 1.00 bits per heavy atom. The minimum Gasteiger partial charge on any atom is -0.207 e. The van der Waals surface area contributed by atoms with Crippen LogP contribution in [-0.2, 0) is 6.42 Å². The van der Waals surface area contributed by atoms with Crippen molar-refractivity contribution in [2.24, 2.45) is 0 Å². The van der Waals surface area contributed by atoms with Crippen molar-refractivity contribution in [3.05, 3.63) is 70.0 Å². The largest absolute Gasteiger partial charge is 0.207 e. The second-order valence-electron chi connectivity index (χ2n) is 4.05. The van der Waals surface area contributed by atoms with Crippen LogP contribution in [0.1, 0.15) is 16.0 Å². The molecule has 0 heterocycles. The van der Waals surface area contributed by atoms with E-state index in [1.165, 1.54) is 0 Å². The van der Waals surface area contributed by atoms with Gasteiger partial charge in [-0.25, -0.2) is 13.2 Å². The summed E-state index contributed by atoms with van der Waals surface area (Å²) in [4.78, 5) is -0.484. The van der Waals surface area contributed by atoms with Gasteiger partial charge in [-0.15, -0.1) is 0 Å². The molecule has 0 aliphatic rings. The molecule has 0 aromatic heterocycles. The van der Waals surface area contributed by atoms with E-state index in [-0.39, 0.29) is 5.56 Å². The first-order chi connectivity index (χ1) is 8.99. The Bertz CT molecular complexity index is 601. The fourth-order valence-electron chi connectivity index (χ4n) is 1.74. The molecule has 0 saturated heterocycles. The van der Waals surface area contributed by atoms with Crippen LogP contribution in [0.2, 0.25) is 5.02 Å². The summed E-state index contributed by atoms with van der Waals surface area (Å²) in [6.45, 7) is 0. The van der Waals surface area contributed by atoms with E-state index in [0.29, 0.717) is 17.5 Å². The number of alkyl halides is 1. The first-order valence-electron chi connectivity index (χ1n) is 5.51. The summed E-state index contributed by atoms with van der Waals surface area (Å²) < 4.78 is 39.6. The number of hydrogen-bond acceptors (Lipinski definition) is 0. The zero-order valence-electron chi connectivity index (χ0n) is 9.64. The molecule has 2 rings (SSSR count). The zero-order valence-corrected chi connectivity index (χ0v) is 12.0. The Morgan fingerprint density at radius 3 is 2.32 bits per heavy atom. The minimum absolute atomic E-state index is 0.0684. The average Bonchev–Trinajstić information content (AvgIpc) is 2.36. The number of rotatable bonds is 3. The quantitative estimate of drug-likeness (QED) is 0.511. The number of halogens is 5.